The van der Waals surface area contributed by atoms with Crippen LogP contribution in [0, 0.1) is 27.7 Å². The predicted molar refractivity (Wildman–Crippen MR) is 104 cm³/mol. The van der Waals surface area contributed by atoms with Crippen molar-refractivity contribution in [2.45, 2.75) is 27.7 Å². The van der Waals surface area contributed by atoms with E-state index in [2.05, 4.69) is 25.6 Å². The lowest BCUT2D eigenvalue weighted by molar-refractivity contribution is 0.855. The maximum atomic E-state index is 11.5. The number of hydrogen-bond acceptors (Lipinski definition) is 5. The fraction of sp³-hybridized carbons (Fsp3) is 0.222. The number of aromatic nitrogens is 4. The number of aromatic amines is 1. The summed E-state index contributed by atoms with van der Waals surface area (Å²) < 4.78 is 1.70. The molecule has 0 aliphatic rings. The van der Waals surface area contributed by atoms with Crippen molar-refractivity contribution in [3.8, 4) is 5.69 Å². The van der Waals surface area contributed by atoms with Crippen LogP contribution in [-0.2, 0) is 0 Å². The first-order valence-corrected chi connectivity index (χ1v) is 8.42. The van der Waals surface area contributed by atoms with Crippen LogP contribution in [0.5, 0.6) is 0 Å². The van der Waals surface area contributed by atoms with E-state index in [0.29, 0.717) is 16.4 Å². The summed E-state index contributed by atoms with van der Waals surface area (Å²) in [6.45, 7) is 7.63. The lowest BCUT2D eigenvalue weighted by Gasteiger charge is -2.08. The molecule has 0 aliphatic heterocycles. The number of halogens is 1. The number of aryl methyl sites for hydroxylation is 4. The van der Waals surface area contributed by atoms with Crippen LogP contribution in [0.2, 0.25) is 5.15 Å². The van der Waals surface area contributed by atoms with Gasteiger partial charge in [-0.25, -0.2) is 15.1 Å². The normalized spacial score (nSPS) is 11.3. The molecule has 0 radical (unpaired) electrons. The van der Waals surface area contributed by atoms with E-state index in [-0.39, 0.29) is 11.5 Å². The van der Waals surface area contributed by atoms with E-state index in [9.17, 15) is 4.79 Å². The highest BCUT2D eigenvalue weighted by Crippen LogP contribution is 2.24. The Kier molecular flexibility index (Phi) is 4.90. The van der Waals surface area contributed by atoms with Crippen LogP contribution < -0.4 is 11.0 Å². The van der Waals surface area contributed by atoms with Gasteiger partial charge < -0.3 is 0 Å². The van der Waals surface area contributed by atoms with E-state index in [1.165, 1.54) is 6.07 Å². The van der Waals surface area contributed by atoms with Crippen molar-refractivity contribution in [2.24, 2.45) is 5.10 Å². The molecule has 26 heavy (non-hydrogen) atoms. The zero-order valence-electron chi connectivity index (χ0n) is 15.0. The van der Waals surface area contributed by atoms with Gasteiger partial charge in [-0.1, -0.05) is 23.7 Å². The number of nitrogens with zero attached hydrogens (tertiary/aromatic N) is 4. The average molecular weight is 371 g/mol. The van der Waals surface area contributed by atoms with Crippen molar-refractivity contribution in [2.75, 3.05) is 5.43 Å². The third-order valence-corrected chi connectivity index (χ3v) is 4.24. The molecule has 8 heteroatoms. The summed E-state index contributed by atoms with van der Waals surface area (Å²) in [5.74, 6) is 0.266. The van der Waals surface area contributed by atoms with Crippen LogP contribution in [0.4, 0.5) is 5.95 Å². The molecule has 134 valence electrons. The third-order valence-electron chi connectivity index (χ3n) is 3.87. The fourth-order valence-electron chi connectivity index (χ4n) is 2.56. The second kappa shape index (κ2) is 7.13. The SMILES string of the molecule is Cc1ccc(C)c(-n2nc(C)c(/C=N\Nc3nc(C)cc(=O)[nH]3)c2Cl)c1. The second-order valence-corrected chi connectivity index (χ2v) is 6.46. The number of rotatable bonds is 4. The number of hydrogen-bond donors (Lipinski definition) is 2. The van der Waals surface area contributed by atoms with Gasteiger partial charge in [-0.2, -0.15) is 10.2 Å². The zero-order chi connectivity index (χ0) is 18.8. The first-order valence-electron chi connectivity index (χ1n) is 8.05. The molecule has 0 amide bonds. The molecule has 0 aliphatic carbocycles. The molecule has 2 aromatic heterocycles. The van der Waals surface area contributed by atoms with Crippen molar-refractivity contribution >= 4 is 23.8 Å². The van der Waals surface area contributed by atoms with Gasteiger partial charge in [-0.3, -0.25) is 9.78 Å². The van der Waals surface area contributed by atoms with Crippen LogP contribution in [0.25, 0.3) is 5.69 Å². The fourth-order valence-corrected chi connectivity index (χ4v) is 2.87. The summed E-state index contributed by atoms with van der Waals surface area (Å²) >= 11 is 6.53. The summed E-state index contributed by atoms with van der Waals surface area (Å²) in [5, 5.41) is 9.11. The van der Waals surface area contributed by atoms with Gasteiger partial charge in [0, 0.05) is 11.8 Å². The minimum absolute atomic E-state index is 0.243. The monoisotopic (exact) mass is 370 g/mol. The molecule has 1 aromatic carbocycles. The van der Waals surface area contributed by atoms with Crippen molar-refractivity contribution in [3.63, 3.8) is 0 Å². The molecule has 0 unspecified atom stereocenters. The topological polar surface area (TPSA) is 88.0 Å². The van der Waals surface area contributed by atoms with E-state index >= 15 is 0 Å². The van der Waals surface area contributed by atoms with E-state index in [4.69, 9.17) is 11.6 Å². The van der Waals surface area contributed by atoms with Gasteiger partial charge in [0.25, 0.3) is 5.56 Å². The van der Waals surface area contributed by atoms with E-state index in [0.717, 1.165) is 22.5 Å². The van der Waals surface area contributed by atoms with Gasteiger partial charge in [0.05, 0.1) is 23.2 Å². The van der Waals surface area contributed by atoms with Crippen LogP contribution in [-0.4, -0.2) is 26.0 Å². The lowest BCUT2D eigenvalue weighted by Crippen LogP contribution is -2.10. The van der Waals surface area contributed by atoms with Crippen LogP contribution in [0.3, 0.4) is 0 Å². The molecule has 3 aromatic rings. The maximum Gasteiger partial charge on any atom is 0.252 e. The zero-order valence-corrected chi connectivity index (χ0v) is 15.7. The lowest BCUT2D eigenvalue weighted by atomic mass is 10.1. The molecular formula is C18H19ClN6O. The van der Waals surface area contributed by atoms with Crippen molar-refractivity contribution in [1.29, 1.82) is 0 Å². The smallest absolute Gasteiger partial charge is 0.252 e. The highest BCUT2D eigenvalue weighted by Gasteiger charge is 2.14. The van der Waals surface area contributed by atoms with Gasteiger partial charge >= 0.3 is 0 Å². The largest absolute Gasteiger partial charge is 0.291 e. The van der Waals surface area contributed by atoms with E-state index < -0.39 is 0 Å². The van der Waals surface area contributed by atoms with Crippen molar-refractivity contribution in [3.05, 3.63) is 67.9 Å². The molecular weight excluding hydrogens is 352 g/mol. The summed E-state index contributed by atoms with van der Waals surface area (Å²) in [6, 6.07) is 7.52. The maximum absolute atomic E-state index is 11.5. The quantitative estimate of drug-likeness (QED) is 0.545. The summed E-state index contributed by atoms with van der Waals surface area (Å²) in [4.78, 5) is 18.2. The Balaban J connectivity index is 1.91. The minimum Gasteiger partial charge on any atom is -0.291 e. The Hall–Kier alpha value is -2.93. The van der Waals surface area contributed by atoms with Crippen molar-refractivity contribution in [1.82, 2.24) is 19.7 Å². The summed E-state index contributed by atoms with van der Waals surface area (Å²) in [5.41, 5.74) is 7.62. The molecule has 2 heterocycles. The van der Waals surface area contributed by atoms with Crippen LogP contribution in [0.1, 0.15) is 28.1 Å². The number of H-pyrrole nitrogens is 1. The van der Waals surface area contributed by atoms with Gasteiger partial charge in [-0.05, 0) is 44.9 Å². The molecule has 7 nitrogen and oxygen atoms in total. The highest BCUT2D eigenvalue weighted by molar-refractivity contribution is 6.32. The van der Waals surface area contributed by atoms with E-state index in [1.807, 2.05) is 39.0 Å². The third kappa shape index (κ3) is 3.67. The number of benzene rings is 1. The Labute approximate surface area is 155 Å². The molecule has 2 N–H and O–H groups in total. The Morgan fingerprint density at radius 3 is 2.73 bits per heavy atom. The Bertz CT molecular complexity index is 1050. The van der Waals surface area contributed by atoms with Gasteiger partial charge in [0.15, 0.2) is 0 Å². The molecule has 0 bridgehead atoms. The second-order valence-electron chi connectivity index (χ2n) is 6.10. The van der Waals surface area contributed by atoms with Crippen molar-refractivity contribution < 1.29 is 0 Å². The molecule has 0 saturated heterocycles. The Morgan fingerprint density at radius 1 is 1.23 bits per heavy atom. The minimum atomic E-state index is -0.243. The standard InChI is InChI=1S/C18H19ClN6O/c1-10-5-6-11(2)15(7-10)25-17(19)14(13(4)24-25)9-20-23-18-21-12(3)8-16(26)22-18/h5-9H,1-4H3,(H2,21,22,23,26)/b20-9-. The van der Waals surface area contributed by atoms with Gasteiger partial charge in [-0.15, -0.1) is 0 Å². The average Bonchev–Trinajstić information content (AvgIpc) is 2.84. The molecule has 3 rings (SSSR count). The first-order chi connectivity index (χ1) is 12.3. The summed E-state index contributed by atoms with van der Waals surface area (Å²) in [6.07, 6.45) is 1.56. The predicted octanol–water partition coefficient (Wildman–Crippen LogP) is 3.29. The van der Waals surface area contributed by atoms with Gasteiger partial charge in [0.1, 0.15) is 5.15 Å². The molecule has 0 atom stereocenters. The first kappa shape index (κ1) is 17.9. The number of anilines is 1. The van der Waals surface area contributed by atoms with E-state index in [1.54, 1.807) is 17.8 Å². The number of nitrogens with one attached hydrogen (secondary N) is 2. The Morgan fingerprint density at radius 2 is 2.00 bits per heavy atom. The van der Waals surface area contributed by atoms with Crippen LogP contribution in [0.15, 0.2) is 34.2 Å². The molecule has 0 spiro atoms. The molecule has 0 fully saturated rings. The summed E-state index contributed by atoms with van der Waals surface area (Å²) in [7, 11) is 0. The van der Waals surface area contributed by atoms with Gasteiger partial charge in [0.2, 0.25) is 5.95 Å². The van der Waals surface area contributed by atoms with Crippen LogP contribution >= 0.6 is 11.6 Å². The highest BCUT2D eigenvalue weighted by atomic mass is 35.5. The molecule has 0 saturated carbocycles. The number of hydrazone groups is 1.